The van der Waals surface area contributed by atoms with Crippen LogP contribution in [-0.2, 0) is 5.54 Å². The highest BCUT2D eigenvalue weighted by Crippen LogP contribution is 2.26. The van der Waals surface area contributed by atoms with Crippen molar-refractivity contribution < 1.29 is 9.53 Å². The molecular weight excluding hydrogens is 324 g/mol. The van der Waals surface area contributed by atoms with Gasteiger partial charge in [-0.1, -0.05) is 23.4 Å². The Hall–Kier alpha value is -2.67. The van der Waals surface area contributed by atoms with Gasteiger partial charge in [-0.15, -0.1) is 16.4 Å². The van der Waals surface area contributed by atoms with E-state index in [0.29, 0.717) is 16.3 Å². The maximum absolute atomic E-state index is 12.5. The highest BCUT2D eigenvalue weighted by atomic mass is 32.1. The molecule has 0 unspecified atom stereocenters. The minimum atomic E-state index is -0.668. The zero-order valence-electron chi connectivity index (χ0n) is 13.7. The van der Waals surface area contributed by atoms with E-state index in [0.717, 1.165) is 5.69 Å². The molecular formula is C17H18N4O2S. The van der Waals surface area contributed by atoms with Crippen molar-refractivity contribution in [1.29, 1.82) is 0 Å². The monoisotopic (exact) mass is 342 g/mol. The van der Waals surface area contributed by atoms with Crippen LogP contribution in [-0.4, -0.2) is 28.0 Å². The van der Waals surface area contributed by atoms with Crippen molar-refractivity contribution in [3.63, 3.8) is 0 Å². The number of carbonyl (C=O) groups is 1. The number of hydrogen-bond donors (Lipinski definition) is 1. The fraction of sp³-hybridized carbons (Fsp3) is 0.235. The molecule has 0 aliphatic carbocycles. The maximum Gasteiger partial charge on any atom is 0.265 e. The average Bonchev–Trinajstić information content (AvgIpc) is 3.24. The van der Waals surface area contributed by atoms with Gasteiger partial charge in [0, 0.05) is 0 Å². The van der Waals surface area contributed by atoms with Gasteiger partial charge in [0.2, 0.25) is 0 Å². The van der Waals surface area contributed by atoms with Gasteiger partial charge >= 0.3 is 0 Å². The molecule has 24 heavy (non-hydrogen) atoms. The number of thiophene rings is 1. The van der Waals surface area contributed by atoms with Gasteiger partial charge in [0.05, 0.1) is 24.5 Å². The largest absolute Gasteiger partial charge is 0.495 e. The number of para-hydroxylation sites is 1. The van der Waals surface area contributed by atoms with Crippen molar-refractivity contribution in [3.8, 4) is 11.4 Å². The van der Waals surface area contributed by atoms with E-state index >= 15 is 0 Å². The Bertz CT molecular complexity index is 839. The van der Waals surface area contributed by atoms with E-state index in [1.807, 2.05) is 55.8 Å². The molecule has 0 bridgehead atoms. The van der Waals surface area contributed by atoms with Crippen LogP contribution in [0.2, 0.25) is 0 Å². The molecule has 0 aliphatic heterocycles. The molecule has 124 valence electrons. The van der Waals surface area contributed by atoms with Crippen molar-refractivity contribution in [2.45, 2.75) is 19.4 Å². The number of hydrogen-bond acceptors (Lipinski definition) is 5. The van der Waals surface area contributed by atoms with Gasteiger partial charge in [0.15, 0.2) is 0 Å². The van der Waals surface area contributed by atoms with Crippen LogP contribution >= 0.6 is 11.3 Å². The van der Waals surface area contributed by atoms with Gasteiger partial charge in [-0.2, -0.15) is 0 Å². The Labute approximate surface area is 144 Å². The van der Waals surface area contributed by atoms with E-state index in [1.54, 1.807) is 17.9 Å². The van der Waals surface area contributed by atoms with Crippen molar-refractivity contribution in [3.05, 3.63) is 58.5 Å². The highest BCUT2D eigenvalue weighted by molar-refractivity contribution is 7.12. The van der Waals surface area contributed by atoms with Crippen LogP contribution in [0.3, 0.4) is 0 Å². The molecule has 2 aromatic heterocycles. The Morgan fingerprint density at radius 1 is 1.25 bits per heavy atom. The summed E-state index contributed by atoms with van der Waals surface area (Å²) in [4.78, 5) is 13.1. The molecule has 7 heteroatoms. The second-order valence-electron chi connectivity index (χ2n) is 5.78. The smallest absolute Gasteiger partial charge is 0.265 e. The van der Waals surface area contributed by atoms with Crippen LogP contribution in [0.5, 0.6) is 5.75 Å². The number of benzene rings is 1. The number of methoxy groups -OCH3 is 1. The number of aromatic nitrogens is 3. The average molecular weight is 342 g/mol. The normalized spacial score (nSPS) is 11.3. The Balaban J connectivity index is 1.81. The molecule has 2 heterocycles. The molecule has 0 fully saturated rings. The first-order valence-electron chi connectivity index (χ1n) is 7.43. The standard InChI is InChI=1S/C17H18N4O2S/c1-17(2,18-16(22)15-13(23-3)9-10-24-15)14-11-21(20-19-14)12-7-5-4-6-8-12/h4-11H,1-3H3,(H,18,22). The van der Waals surface area contributed by atoms with Crippen LogP contribution < -0.4 is 10.1 Å². The van der Waals surface area contributed by atoms with Crippen LogP contribution in [0.1, 0.15) is 29.2 Å². The summed E-state index contributed by atoms with van der Waals surface area (Å²) in [6, 6.07) is 11.5. The van der Waals surface area contributed by atoms with E-state index in [9.17, 15) is 4.79 Å². The molecule has 0 radical (unpaired) electrons. The third-order valence-electron chi connectivity index (χ3n) is 3.64. The highest BCUT2D eigenvalue weighted by Gasteiger charge is 2.28. The van der Waals surface area contributed by atoms with E-state index in [4.69, 9.17) is 4.74 Å². The lowest BCUT2D eigenvalue weighted by atomic mass is 10.0. The first-order chi connectivity index (χ1) is 11.5. The first kappa shape index (κ1) is 16.2. The van der Waals surface area contributed by atoms with Gasteiger partial charge < -0.3 is 10.1 Å². The second-order valence-corrected chi connectivity index (χ2v) is 6.70. The Morgan fingerprint density at radius 2 is 2.00 bits per heavy atom. The Kier molecular flexibility index (Phi) is 4.35. The third-order valence-corrected chi connectivity index (χ3v) is 4.53. The van der Waals surface area contributed by atoms with Crippen LogP contribution in [0.25, 0.3) is 5.69 Å². The zero-order valence-corrected chi connectivity index (χ0v) is 14.5. The van der Waals surface area contributed by atoms with Crippen molar-refractivity contribution in [2.75, 3.05) is 7.11 Å². The number of nitrogens with one attached hydrogen (secondary N) is 1. The van der Waals surface area contributed by atoms with Gasteiger partial charge in [0.25, 0.3) is 5.91 Å². The lowest BCUT2D eigenvalue weighted by Crippen LogP contribution is -2.41. The zero-order chi connectivity index (χ0) is 17.2. The van der Waals surface area contributed by atoms with E-state index < -0.39 is 5.54 Å². The van der Waals surface area contributed by atoms with Crippen LogP contribution in [0, 0.1) is 0 Å². The van der Waals surface area contributed by atoms with Crippen LogP contribution in [0.4, 0.5) is 0 Å². The number of rotatable bonds is 5. The summed E-state index contributed by atoms with van der Waals surface area (Å²) in [7, 11) is 1.55. The summed E-state index contributed by atoms with van der Waals surface area (Å²) < 4.78 is 6.90. The van der Waals surface area contributed by atoms with Gasteiger partial charge in [-0.3, -0.25) is 4.79 Å². The molecule has 0 aliphatic rings. The minimum absolute atomic E-state index is 0.193. The lowest BCUT2D eigenvalue weighted by Gasteiger charge is -2.23. The van der Waals surface area contributed by atoms with Crippen LogP contribution in [0.15, 0.2) is 48.0 Å². The SMILES string of the molecule is COc1ccsc1C(=O)NC(C)(C)c1cn(-c2ccccc2)nn1. The predicted molar refractivity (Wildman–Crippen MR) is 92.7 cm³/mol. The molecule has 1 aromatic carbocycles. The summed E-state index contributed by atoms with van der Waals surface area (Å²) in [6.07, 6.45) is 1.82. The molecule has 1 amide bonds. The second kappa shape index (κ2) is 6.45. The Morgan fingerprint density at radius 3 is 2.71 bits per heavy atom. The molecule has 0 saturated carbocycles. The van der Waals surface area contributed by atoms with E-state index in [-0.39, 0.29) is 5.91 Å². The minimum Gasteiger partial charge on any atom is -0.495 e. The summed E-state index contributed by atoms with van der Waals surface area (Å²) in [5.74, 6) is 0.377. The lowest BCUT2D eigenvalue weighted by molar-refractivity contribution is 0.0912. The summed E-state index contributed by atoms with van der Waals surface area (Å²) in [5.41, 5.74) is 0.924. The summed E-state index contributed by atoms with van der Waals surface area (Å²) in [6.45, 7) is 3.79. The molecule has 6 nitrogen and oxygen atoms in total. The number of ether oxygens (including phenoxy) is 1. The quantitative estimate of drug-likeness (QED) is 0.774. The van der Waals surface area contributed by atoms with Gasteiger partial charge in [0.1, 0.15) is 16.3 Å². The number of amides is 1. The van der Waals surface area contributed by atoms with E-state index in [1.165, 1.54) is 11.3 Å². The van der Waals surface area contributed by atoms with Crippen molar-refractivity contribution >= 4 is 17.2 Å². The number of carbonyl (C=O) groups excluding carboxylic acids is 1. The predicted octanol–water partition coefficient (Wildman–Crippen LogP) is 3.00. The van der Waals surface area contributed by atoms with Crippen molar-refractivity contribution in [1.82, 2.24) is 20.3 Å². The molecule has 0 atom stereocenters. The molecule has 0 spiro atoms. The van der Waals surface area contributed by atoms with Gasteiger partial charge in [-0.05, 0) is 37.4 Å². The van der Waals surface area contributed by atoms with E-state index in [2.05, 4.69) is 15.6 Å². The molecule has 1 N–H and O–H groups in total. The number of nitrogens with zero attached hydrogens (tertiary/aromatic N) is 3. The molecule has 3 aromatic rings. The molecule has 0 saturated heterocycles. The summed E-state index contributed by atoms with van der Waals surface area (Å²) >= 11 is 1.34. The molecule has 3 rings (SSSR count). The summed E-state index contributed by atoms with van der Waals surface area (Å²) in [5, 5.41) is 13.2. The fourth-order valence-electron chi connectivity index (χ4n) is 2.29. The van der Waals surface area contributed by atoms with Gasteiger partial charge in [-0.25, -0.2) is 4.68 Å². The maximum atomic E-state index is 12.5. The fourth-order valence-corrected chi connectivity index (χ4v) is 3.04. The first-order valence-corrected chi connectivity index (χ1v) is 8.31. The third kappa shape index (κ3) is 3.16. The topological polar surface area (TPSA) is 69.0 Å². The van der Waals surface area contributed by atoms with Crippen molar-refractivity contribution in [2.24, 2.45) is 0 Å².